The van der Waals surface area contributed by atoms with Gasteiger partial charge >= 0.3 is 17.9 Å². The van der Waals surface area contributed by atoms with Crippen molar-refractivity contribution >= 4 is 118 Å². The van der Waals surface area contributed by atoms with Crippen molar-refractivity contribution < 1.29 is 41.6 Å². The lowest BCUT2D eigenvalue weighted by Gasteiger charge is -2.30. The van der Waals surface area contributed by atoms with Crippen LogP contribution in [0, 0.1) is 44.9 Å². The van der Waals surface area contributed by atoms with Crippen molar-refractivity contribution in [3.05, 3.63) is 49.2 Å². The van der Waals surface area contributed by atoms with E-state index in [4.69, 9.17) is 14.2 Å². The highest BCUT2D eigenvalue weighted by Gasteiger charge is 2.70. The first-order chi connectivity index (χ1) is 18.6. The minimum Gasteiger partial charge on any atom is -0.744 e. The fraction of sp³-hybridized carbons (Fsp3) is 0.423. The molecule has 5 rings (SSSR count). The zero-order chi connectivity index (χ0) is 29.4. The van der Waals surface area contributed by atoms with Gasteiger partial charge in [-0.2, -0.15) is 0 Å². The maximum absolute atomic E-state index is 13.6. The first kappa shape index (κ1) is 31.1. The number of halogens is 4. The Morgan fingerprint density at radius 1 is 1.05 bits per heavy atom. The summed E-state index contributed by atoms with van der Waals surface area (Å²) >= 11 is 8.60. The quantitative estimate of drug-likeness (QED) is 0.0934. The predicted octanol–water partition coefficient (Wildman–Crippen LogP) is 5.38. The first-order valence-electron chi connectivity index (χ1n) is 12.2. The van der Waals surface area contributed by atoms with Crippen molar-refractivity contribution in [2.24, 2.45) is 23.7 Å². The van der Waals surface area contributed by atoms with Gasteiger partial charge < -0.3 is 18.8 Å². The van der Waals surface area contributed by atoms with Crippen molar-refractivity contribution in [1.82, 2.24) is 0 Å². The number of esters is 3. The van der Waals surface area contributed by atoms with E-state index in [9.17, 15) is 27.4 Å². The van der Waals surface area contributed by atoms with Gasteiger partial charge in [-0.3, -0.25) is 9.59 Å². The van der Waals surface area contributed by atoms with Gasteiger partial charge in [0.1, 0.15) is 28.1 Å². The molecule has 2 aromatic carbocycles. The van der Waals surface area contributed by atoms with Gasteiger partial charge in [0.05, 0.1) is 22.3 Å². The predicted molar refractivity (Wildman–Crippen MR) is 174 cm³/mol. The average molecular weight is 1020 g/mol. The van der Waals surface area contributed by atoms with Crippen LogP contribution >= 0.6 is 90.4 Å². The van der Waals surface area contributed by atoms with Crippen LogP contribution in [0.5, 0.6) is 5.75 Å². The molecule has 2 bridgehead atoms. The number of hydrogen-bond acceptors (Lipinski definition) is 9. The van der Waals surface area contributed by atoms with E-state index < -0.39 is 58.0 Å². The zero-order valence-corrected chi connectivity index (χ0v) is 30.5. The van der Waals surface area contributed by atoms with Crippen LogP contribution in [0.1, 0.15) is 47.7 Å². The van der Waals surface area contributed by atoms with Crippen LogP contribution in [0.3, 0.4) is 0 Å². The molecule has 9 nitrogen and oxygen atoms in total. The van der Waals surface area contributed by atoms with E-state index in [-0.39, 0.29) is 28.0 Å². The van der Waals surface area contributed by atoms with Gasteiger partial charge in [-0.15, -0.1) is 0 Å². The summed E-state index contributed by atoms with van der Waals surface area (Å²) in [5.74, 6) is -4.31. The highest BCUT2D eigenvalue weighted by atomic mass is 127. The third-order valence-corrected chi connectivity index (χ3v) is 14.6. The zero-order valence-electron chi connectivity index (χ0n) is 21.1. The minimum atomic E-state index is -4.74. The summed E-state index contributed by atoms with van der Waals surface area (Å²) in [6.07, 6.45) is -0.952. The van der Waals surface area contributed by atoms with Crippen LogP contribution in [0.15, 0.2) is 23.1 Å². The van der Waals surface area contributed by atoms with Gasteiger partial charge in [0, 0.05) is 26.1 Å². The third-order valence-electron chi connectivity index (χ3n) is 7.79. The summed E-state index contributed by atoms with van der Waals surface area (Å²) in [6, 6.07) is 4.49. The van der Waals surface area contributed by atoms with Crippen molar-refractivity contribution in [3.8, 4) is 5.75 Å². The Morgan fingerprint density at radius 2 is 1.73 bits per heavy atom. The van der Waals surface area contributed by atoms with E-state index in [1.807, 2.05) is 6.07 Å². The van der Waals surface area contributed by atoms with Crippen LogP contribution in [-0.4, -0.2) is 43.1 Å². The summed E-state index contributed by atoms with van der Waals surface area (Å²) in [5, 5.41) is 0. The Labute approximate surface area is 285 Å². The molecular weight excluding hydrogens is 996 g/mol. The minimum absolute atomic E-state index is 0.109. The molecule has 14 heteroatoms. The molecule has 1 aliphatic heterocycles. The average Bonchev–Trinajstić information content (AvgIpc) is 3.46. The second-order valence-corrected chi connectivity index (χ2v) is 16.2. The SMILES string of the molecule is Cc1cc(S(=O)(=O)[O-])c(C(C)C)cc1OC(=O)C1C2CC3C(OC(=O)C31)C2OC(=O)c1c(I)cc(I)c(I)c1I. The highest BCUT2D eigenvalue weighted by molar-refractivity contribution is 14.1. The van der Waals surface area contributed by atoms with E-state index in [0.717, 1.165) is 14.3 Å². The van der Waals surface area contributed by atoms with E-state index in [2.05, 4.69) is 90.4 Å². The van der Waals surface area contributed by atoms with Crippen LogP contribution in [0.2, 0.25) is 0 Å². The molecule has 0 N–H and O–H groups in total. The molecule has 0 aromatic heterocycles. The molecule has 0 spiro atoms. The molecule has 0 radical (unpaired) electrons. The molecular formula is C26H21I4O9S-. The molecule has 0 amide bonds. The molecule has 2 saturated carbocycles. The van der Waals surface area contributed by atoms with Crippen LogP contribution in [-0.2, 0) is 29.2 Å². The van der Waals surface area contributed by atoms with Gasteiger partial charge in [-0.05, 0) is 139 Å². The molecule has 1 saturated heterocycles. The molecule has 40 heavy (non-hydrogen) atoms. The molecule has 2 aliphatic carbocycles. The number of fused-ring (bicyclic) bond motifs is 1. The molecule has 214 valence electrons. The van der Waals surface area contributed by atoms with E-state index in [0.29, 0.717) is 17.5 Å². The van der Waals surface area contributed by atoms with Crippen LogP contribution < -0.4 is 4.74 Å². The monoisotopic (exact) mass is 1020 g/mol. The van der Waals surface area contributed by atoms with Crippen molar-refractivity contribution in [2.75, 3.05) is 0 Å². The summed E-state index contributed by atoms with van der Waals surface area (Å²) in [7, 11) is -4.74. The number of ether oxygens (including phenoxy) is 3. The number of aryl methyl sites for hydroxylation is 1. The number of benzene rings is 2. The highest BCUT2D eigenvalue weighted by Crippen LogP contribution is 2.59. The van der Waals surface area contributed by atoms with Gasteiger partial charge in [0.15, 0.2) is 0 Å². The molecule has 1 heterocycles. The molecule has 3 fully saturated rings. The Bertz CT molecular complexity index is 1570. The second-order valence-electron chi connectivity index (χ2n) is 10.4. The largest absolute Gasteiger partial charge is 0.744 e. The van der Waals surface area contributed by atoms with Gasteiger partial charge in [-0.25, -0.2) is 13.2 Å². The number of carbonyl (C=O) groups is 3. The maximum Gasteiger partial charge on any atom is 0.340 e. The topological polar surface area (TPSA) is 136 Å². The van der Waals surface area contributed by atoms with Gasteiger partial charge in [0.2, 0.25) is 0 Å². The summed E-state index contributed by atoms with van der Waals surface area (Å²) in [4.78, 5) is 39.5. The summed E-state index contributed by atoms with van der Waals surface area (Å²) < 4.78 is 56.2. The Balaban J connectivity index is 1.44. The van der Waals surface area contributed by atoms with Crippen LogP contribution in [0.4, 0.5) is 0 Å². The molecule has 6 atom stereocenters. The van der Waals surface area contributed by atoms with Crippen molar-refractivity contribution in [2.45, 2.75) is 50.2 Å². The lowest BCUT2D eigenvalue weighted by atomic mass is 9.78. The van der Waals surface area contributed by atoms with E-state index >= 15 is 0 Å². The maximum atomic E-state index is 13.6. The first-order valence-corrected chi connectivity index (χ1v) is 17.9. The lowest BCUT2D eigenvalue weighted by Crippen LogP contribution is -2.44. The normalized spacial score (nSPS) is 26.8. The second kappa shape index (κ2) is 11.3. The fourth-order valence-electron chi connectivity index (χ4n) is 6.04. The van der Waals surface area contributed by atoms with Crippen molar-refractivity contribution in [1.29, 1.82) is 0 Å². The molecule has 2 aromatic rings. The smallest absolute Gasteiger partial charge is 0.340 e. The fourth-order valence-corrected chi connectivity index (χ4v) is 11.2. The standard InChI is InChI=1S/C26H22I4O9S/c1-8(2)10-6-15(9(3)4-16(10)40(34,35)36)37-24(31)17-11-5-12-18(17)25(32)38-22(12)23(11)39-26(33)19-13(27)7-14(28)20(29)21(19)30/h4,6-8,11-12,17-18,22-23H,5H2,1-3H3,(H,34,35,36)/p-1. The lowest BCUT2D eigenvalue weighted by molar-refractivity contribution is -0.149. The Kier molecular flexibility index (Phi) is 8.80. The van der Waals surface area contributed by atoms with E-state index in [1.165, 1.54) is 19.1 Å². The van der Waals surface area contributed by atoms with Gasteiger partial charge in [-0.1, -0.05) is 13.8 Å². The Morgan fingerprint density at radius 3 is 2.35 bits per heavy atom. The molecule has 3 aliphatic rings. The van der Waals surface area contributed by atoms with E-state index in [1.54, 1.807) is 13.8 Å². The Hall–Kier alpha value is -0.320. The van der Waals surface area contributed by atoms with Crippen molar-refractivity contribution in [3.63, 3.8) is 0 Å². The number of carbonyl (C=O) groups excluding carboxylic acids is 3. The number of hydrogen-bond donors (Lipinski definition) is 0. The van der Waals surface area contributed by atoms with Crippen LogP contribution in [0.25, 0.3) is 0 Å². The number of rotatable bonds is 6. The van der Waals surface area contributed by atoms with Gasteiger partial charge in [0.25, 0.3) is 0 Å². The molecule has 6 unspecified atom stereocenters. The summed E-state index contributed by atoms with van der Waals surface area (Å²) in [5.41, 5.74) is 0.960. The summed E-state index contributed by atoms with van der Waals surface area (Å²) in [6.45, 7) is 5.00. The third kappa shape index (κ3) is 5.31.